The van der Waals surface area contributed by atoms with E-state index in [9.17, 15) is 4.79 Å². The first-order chi connectivity index (χ1) is 10.2. The first-order valence-electron chi connectivity index (χ1n) is 6.40. The summed E-state index contributed by atoms with van der Waals surface area (Å²) in [5.74, 6) is -0.0950. The van der Waals surface area contributed by atoms with Gasteiger partial charge in [-0.3, -0.25) is 9.69 Å². The average molecular weight is 313 g/mol. The number of rotatable bonds is 1. The summed E-state index contributed by atoms with van der Waals surface area (Å²) in [4.78, 5) is 19.6. The Morgan fingerprint density at radius 3 is 2.76 bits per heavy atom. The van der Waals surface area contributed by atoms with Gasteiger partial charge in [0.25, 0.3) is 5.91 Å². The third kappa shape index (κ3) is 2.07. The molecule has 0 aromatic heterocycles. The van der Waals surface area contributed by atoms with E-state index in [-0.39, 0.29) is 5.91 Å². The number of amidine groups is 1. The lowest BCUT2D eigenvalue weighted by Crippen LogP contribution is -2.26. The number of carbonyl (C=O) groups excluding carboxylic acids is 1. The van der Waals surface area contributed by atoms with Gasteiger partial charge < -0.3 is 0 Å². The molecule has 0 aliphatic carbocycles. The minimum absolute atomic E-state index is 0.0950. The molecule has 2 aliphatic rings. The number of hydrogen-bond donors (Lipinski definition) is 0. The number of amides is 1. The number of hydrogen-bond acceptors (Lipinski definition) is 3. The van der Waals surface area contributed by atoms with Crippen LogP contribution in [0.2, 0.25) is 5.02 Å². The average Bonchev–Trinajstić information content (AvgIpc) is 2.97. The van der Waals surface area contributed by atoms with Crippen LogP contribution < -0.4 is 4.90 Å². The van der Waals surface area contributed by atoms with Crippen LogP contribution in [0.1, 0.15) is 5.56 Å². The Morgan fingerprint density at radius 1 is 1.14 bits per heavy atom. The predicted octanol–water partition coefficient (Wildman–Crippen LogP) is 4.19. The van der Waals surface area contributed by atoms with Gasteiger partial charge in [-0.2, -0.15) is 0 Å². The summed E-state index contributed by atoms with van der Waals surface area (Å²) < 4.78 is 0. The van der Waals surface area contributed by atoms with E-state index in [2.05, 4.69) is 4.99 Å². The minimum atomic E-state index is -0.0950. The molecule has 2 heterocycles. The summed E-state index contributed by atoms with van der Waals surface area (Å²) in [6, 6.07) is 15.2. The van der Waals surface area contributed by atoms with Crippen molar-refractivity contribution in [3.8, 4) is 0 Å². The van der Waals surface area contributed by atoms with Crippen LogP contribution in [0.3, 0.4) is 0 Å². The molecule has 0 N–H and O–H groups in total. The van der Waals surface area contributed by atoms with Crippen LogP contribution in [-0.4, -0.2) is 11.1 Å². The summed E-state index contributed by atoms with van der Waals surface area (Å²) >= 11 is 7.45. The van der Waals surface area contributed by atoms with Crippen molar-refractivity contribution in [3.63, 3.8) is 0 Å². The van der Waals surface area contributed by atoms with Gasteiger partial charge in [-0.25, -0.2) is 4.99 Å². The van der Waals surface area contributed by atoms with Crippen LogP contribution in [0.15, 0.2) is 64.1 Å². The summed E-state index contributed by atoms with van der Waals surface area (Å²) in [5.41, 5.74) is 2.28. The molecule has 5 heteroatoms. The van der Waals surface area contributed by atoms with Crippen molar-refractivity contribution in [1.29, 1.82) is 0 Å². The van der Waals surface area contributed by atoms with E-state index in [1.165, 1.54) is 11.8 Å². The molecule has 0 saturated carbocycles. The third-order valence-electron chi connectivity index (χ3n) is 3.30. The number of thioether (sulfide) groups is 1. The van der Waals surface area contributed by atoms with Crippen molar-refractivity contribution >= 4 is 46.2 Å². The van der Waals surface area contributed by atoms with E-state index in [1.54, 1.807) is 11.0 Å². The van der Waals surface area contributed by atoms with Crippen molar-refractivity contribution in [2.45, 2.75) is 4.90 Å². The van der Waals surface area contributed by atoms with Gasteiger partial charge in [0, 0.05) is 9.92 Å². The molecule has 0 unspecified atom stereocenters. The van der Waals surface area contributed by atoms with Gasteiger partial charge in [0.05, 0.1) is 5.69 Å². The summed E-state index contributed by atoms with van der Waals surface area (Å²) in [7, 11) is 0. The van der Waals surface area contributed by atoms with E-state index >= 15 is 0 Å². The molecule has 21 heavy (non-hydrogen) atoms. The van der Waals surface area contributed by atoms with E-state index in [0.717, 1.165) is 16.1 Å². The molecule has 1 amide bonds. The van der Waals surface area contributed by atoms with E-state index in [4.69, 9.17) is 11.6 Å². The lowest BCUT2D eigenvalue weighted by Gasteiger charge is -2.10. The number of anilines is 1. The molecule has 0 bridgehead atoms. The fraction of sp³-hybridized carbons (Fsp3) is 0. The molecular formula is C16H9ClN2OS. The zero-order valence-corrected chi connectivity index (χ0v) is 12.4. The molecule has 102 valence electrons. The SMILES string of the molecule is O=C1/C(=C/c2ccccc2)N=C2Sc3cc(Cl)ccc3N12. The van der Waals surface area contributed by atoms with Crippen molar-refractivity contribution in [3.05, 3.63) is 64.8 Å². The first-order valence-corrected chi connectivity index (χ1v) is 7.59. The molecule has 2 aromatic carbocycles. The topological polar surface area (TPSA) is 32.7 Å². The van der Waals surface area contributed by atoms with Crippen LogP contribution in [0, 0.1) is 0 Å². The molecule has 0 fully saturated rings. The number of halogens is 1. The maximum atomic E-state index is 12.5. The maximum absolute atomic E-state index is 12.5. The summed E-state index contributed by atoms with van der Waals surface area (Å²) in [5, 5.41) is 1.36. The van der Waals surface area contributed by atoms with Gasteiger partial charge in [-0.15, -0.1) is 0 Å². The van der Waals surface area contributed by atoms with Crippen molar-refractivity contribution in [1.82, 2.24) is 0 Å². The largest absolute Gasteiger partial charge is 0.283 e. The summed E-state index contributed by atoms with van der Waals surface area (Å²) in [6.07, 6.45) is 1.81. The molecular weight excluding hydrogens is 304 g/mol. The number of benzene rings is 2. The van der Waals surface area contributed by atoms with Crippen LogP contribution in [0.5, 0.6) is 0 Å². The van der Waals surface area contributed by atoms with Gasteiger partial charge in [-0.05, 0) is 41.6 Å². The van der Waals surface area contributed by atoms with Gasteiger partial charge >= 0.3 is 0 Å². The fourth-order valence-corrected chi connectivity index (χ4v) is 3.64. The second kappa shape index (κ2) is 4.76. The Morgan fingerprint density at radius 2 is 1.95 bits per heavy atom. The number of carbonyl (C=O) groups is 1. The smallest absolute Gasteiger partial charge is 0.266 e. The van der Waals surface area contributed by atoms with Crippen molar-refractivity contribution < 1.29 is 4.79 Å². The zero-order valence-electron chi connectivity index (χ0n) is 10.8. The molecule has 0 spiro atoms. The lowest BCUT2D eigenvalue weighted by atomic mass is 10.2. The molecule has 2 aliphatic heterocycles. The Labute approximate surface area is 130 Å². The molecule has 0 atom stereocenters. The number of aliphatic imine (C=N–C) groups is 1. The van der Waals surface area contributed by atoms with Gasteiger partial charge in [0.15, 0.2) is 5.17 Å². The Kier molecular flexibility index (Phi) is 2.87. The second-order valence-electron chi connectivity index (χ2n) is 4.69. The molecule has 0 saturated heterocycles. The van der Waals surface area contributed by atoms with Crippen LogP contribution >= 0.6 is 23.4 Å². The van der Waals surface area contributed by atoms with E-state index in [1.807, 2.05) is 48.5 Å². The normalized spacial score (nSPS) is 18.0. The molecule has 2 aromatic rings. The van der Waals surface area contributed by atoms with E-state index in [0.29, 0.717) is 15.9 Å². The number of nitrogens with zero attached hydrogens (tertiary/aromatic N) is 2. The van der Waals surface area contributed by atoms with Gasteiger partial charge in [0.1, 0.15) is 5.70 Å². The third-order valence-corrected chi connectivity index (χ3v) is 4.53. The highest BCUT2D eigenvalue weighted by Crippen LogP contribution is 2.45. The summed E-state index contributed by atoms with van der Waals surface area (Å²) in [6.45, 7) is 0. The monoisotopic (exact) mass is 312 g/mol. The van der Waals surface area contributed by atoms with E-state index < -0.39 is 0 Å². The minimum Gasteiger partial charge on any atom is -0.266 e. The fourth-order valence-electron chi connectivity index (χ4n) is 2.34. The van der Waals surface area contributed by atoms with Gasteiger partial charge in [-0.1, -0.05) is 41.9 Å². The maximum Gasteiger partial charge on any atom is 0.283 e. The van der Waals surface area contributed by atoms with Crippen molar-refractivity contribution in [2.75, 3.05) is 4.90 Å². The lowest BCUT2D eigenvalue weighted by molar-refractivity contribution is -0.113. The first kappa shape index (κ1) is 12.7. The van der Waals surface area contributed by atoms with Crippen LogP contribution in [0.4, 0.5) is 5.69 Å². The highest BCUT2D eigenvalue weighted by molar-refractivity contribution is 8.15. The number of fused-ring (bicyclic) bond motifs is 3. The van der Waals surface area contributed by atoms with Crippen LogP contribution in [0.25, 0.3) is 6.08 Å². The van der Waals surface area contributed by atoms with Crippen LogP contribution in [-0.2, 0) is 4.79 Å². The standard InChI is InChI=1S/C16H9ClN2OS/c17-11-6-7-13-14(9-11)21-16-18-12(15(20)19(13)16)8-10-4-2-1-3-5-10/h1-9H/b12-8-. The predicted molar refractivity (Wildman–Crippen MR) is 86.6 cm³/mol. The Hall–Kier alpha value is -2.04. The van der Waals surface area contributed by atoms with Crippen molar-refractivity contribution in [2.24, 2.45) is 4.99 Å². The molecule has 3 nitrogen and oxygen atoms in total. The second-order valence-corrected chi connectivity index (χ2v) is 6.13. The Balaban J connectivity index is 1.74. The quantitative estimate of drug-likeness (QED) is 0.740. The highest BCUT2D eigenvalue weighted by Gasteiger charge is 2.38. The molecule has 4 rings (SSSR count). The highest BCUT2D eigenvalue weighted by atomic mass is 35.5. The zero-order chi connectivity index (χ0) is 14.4. The van der Waals surface area contributed by atoms with Gasteiger partial charge in [0.2, 0.25) is 0 Å². The Bertz CT molecular complexity index is 814. The molecule has 0 radical (unpaired) electrons.